The zero-order valence-corrected chi connectivity index (χ0v) is 10.6. The fraction of sp³-hybridized carbons (Fsp3) is 0.300. The summed E-state index contributed by atoms with van der Waals surface area (Å²) in [4.78, 5) is 13.6. The van der Waals surface area contributed by atoms with Gasteiger partial charge in [-0.05, 0) is 13.8 Å². The molecule has 0 aliphatic heterocycles. The Balaban J connectivity index is 2.07. The lowest BCUT2D eigenvalue weighted by molar-refractivity contribution is 0.444. The number of aromatic hydroxyl groups is 1. The second-order valence-electron chi connectivity index (χ2n) is 3.30. The molecule has 0 aliphatic rings. The highest BCUT2D eigenvalue weighted by molar-refractivity contribution is 7.98. The summed E-state index contributed by atoms with van der Waals surface area (Å²) in [6.07, 6.45) is 0. The normalized spacial score (nSPS) is 10.6. The predicted molar refractivity (Wildman–Crippen MR) is 64.8 cm³/mol. The lowest BCUT2D eigenvalue weighted by Crippen LogP contribution is -1.90. The number of nitrogens with zero attached hydrogens (tertiary/aromatic N) is 3. The molecule has 0 saturated heterocycles. The predicted octanol–water partition coefficient (Wildman–Crippen LogP) is 2.55. The first-order chi connectivity index (χ1) is 7.65. The van der Waals surface area contributed by atoms with Crippen molar-refractivity contribution in [1.82, 2.24) is 15.0 Å². The van der Waals surface area contributed by atoms with Gasteiger partial charge in [0, 0.05) is 22.4 Å². The molecule has 0 saturated carbocycles. The van der Waals surface area contributed by atoms with Crippen molar-refractivity contribution in [3.8, 4) is 5.88 Å². The molecule has 0 fully saturated rings. The van der Waals surface area contributed by atoms with E-state index in [4.69, 9.17) is 0 Å². The molecule has 2 aromatic rings. The average Bonchev–Trinajstić information content (AvgIpc) is 2.59. The zero-order valence-electron chi connectivity index (χ0n) is 8.97. The molecule has 4 nitrogen and oxygen atoms in total. The van der Waals surface area contributed by atoms with Crippen LogP contribution in [-0.4, -0.2) is 20.1 Å². The Kier molecular flexibility index (Phi) is 3.40. The van der Waals surface area contributed by atoms with E-state index in [1.54, 1.807) is 17.4 Å². The van der Waals surface area contributed by atoms with E-state index in [9.17, 15) is 5.11 Å². The molecule has 1 N–H and O–H groups in total. The number of hydrogen-bond acceptors (Lipinski definition) is 6. The standard InChI is InChI=1S/C10H11N3OS2/c1-6-3-9(14)13-10(12-6)15-4-8-7(2)11-5-16-8/h3,5H,4H2,1-2H3,(H,12,13,14). The molecule has 0 radical (unpaired) electrons. The zero-order chi connectivity index (χ0) is 11.5. The van der Waals surface area contributed by atoms with Gasteiger partial charge in [0.25, 0.3) is 0 Å². The third-order valence-electron chi connectivity index (χ3n) is 2.00. The maximum absolute atomic E-state index is 9.33. The Morgan fingerprint density at radius 1 is 1.38 bits per heavy atom. The molecule has 84 valence electrons. The van der Waals surface area contributed by atoms with E-state index in [1.807, 2.05) is 19.4 Å². The van der Waals surface area contributed by atoms with Crippen molar-refractivity contribution < 1.29 is 5.11 Å². The molecule has 0 bridgehead atoms. The summed E-state index contributed by atoms with van der Waals surface area (Å²) < 4.78 is 0. The minimum atomic E-state index is 0.0241. The van der Waals surface area contributed by atoms with Crippen molar-refractivity contribution in [3.05, 3.63) is 27.8 Å². The van der Waals surface area contributed by atoms with Crippen LogP contribution in [0.25, 0.3) is 0 Å². The van der Waals surface area contributed by atoms with Gasteiger partial charge < -0.3 is 5.11 Å². The Hall–Kier alpha value is -1.14. The Morgan fingerprint density at radius 3 is 2.81 bits per heavy atom. The van der Waals surface area contributed by atoms with Crippen LogP contribution in [0.3, 0.4) is 0 Å². The quantitative estimate of drug-likeness (QED) is 0.673. The fourth-order valence-corrected chi connectivity index (χ4v) is 3.03. The third-order valence-corrected chi connectivity index (χ3v) is 3.99. The second kappa shape index (κ2) is 4.80. The highest BCUT2D eigenvalue weighted by atomic mass is 32.2. The molecule has 2 aromatic heterocycles. The maximum Gasteiger partial charge on any atom is 0.215 e. The smallest absolute Gasteiger partial charge is 0.215 e. The Morgan fingerprint density at radius 2 is 2.19 bits per heavy atom. The number of thiazole rings is 1. The summed E-state index contributed by atoms with van der Waals surface area (Å²) in [7, 11) is 0. The molecule has 2 heterocycles. The fourth-order valence-electron chi connectivity index (χ4n) is 1.18. The molecule has 6 heteroatoms. The lowest BCUT2D eigenvalue weighted by atomic mass is 10.4. The van der Waals surface area contributed by atoms with Gasteiger partial charge >= 0.3 is 0 Å². The van der Waals surface area contributed by atoms with Crippen LogP contribution in [-0.2, 0) is 5.75 Å². The maximum atomic E-state index is 9.33. The summed E-state index contributed by atoms with van der Waals surface area (Å²) in [5, 5.41) is 9.93. The number of aryl methyl sites for hydroxylation is 2. The first-order valence-electron chi connectivity index (χ1n) is 4.71. The van der Waals surface area contributed by atoms with Gasteiger partial charge in [0.2, 0.25) is 5.88 Å². The molecule has 0 atom stereocenters. The lowest BCUT2D eigenvalue weighted by Gasteiger charge is -2.01. The monoisotopic (exact) mass is 253 g/mol. The van der Waals surface area contributed by atoms with E-state index < -0.39 is 0 Å². The van der Waals surface area contributed by atoms with E-state index >= 15 is 0 Å². The number of hydrogen-bond donors (Lipinski definition) is 1. The topological polar surface area (TPSA) is 58.9 Å². The van der Waals surface area contributed by atoms with Gasteiger partial charge in [0.1, 0.15) is 0 Å². The van der Waals surface area contributed by atoms with Crippen LogP contribution in [0.2, 0.25) is 0 Å². The van der Waals surface area contributed by atoms with Gasteiger partial charge in [-0.3, -0.25) is 0 Å². The van der Waals surface area contributed by atoms with Gasteiger partial charge in [0.15, 0.2) is 5.16 Å². The highest BCUT2D eigenvalue weighted by Crippen LogP contribution is 2.24. The molecule has 16 heavy (non-hydrogen) atoms. The van der Waals surface area contributed by atoms with Gasteiger partial charge in [-0.15, -0.1) is 11.3 Å². The third kappa shape index (κ3) is 2.70. The summed E-state index contributed by atoms with van der Waals surface area (Å²) >= 11 is 3.14. The van der Waals surface area contributed by atoms with Crippen LogP contribution in [0.1, 0.15) is 16.3 Å². The Labute approximate surface area is 102 Å². The van der Waals surface area contributed by atoms with Gasteiger partial charge in [-0.25, -0.2) is 9.97 Å². The van der Waals surface area contributed by atoms with E-state index in [0.29, 0.717) is 5.16 Å². The van der Waals surface area contributed by atoms with Crippen molar-refractivity contribution >= 4 is 23.1 Å². The van der Waals surface area contributed by atoms with Gasteiger partial charge in [0.05, 0.1) is 11.2 Å². The summed E-state index contributed by atoms with van der Waals surface area (Å²) in [6, 6.07) is 1.54. The Bertz CT molecular complexity index is 478. The van der Waals surface area contributed by atoms with Crippen molar-refractivity contribution in [1.29, 1.82) is 0 Å². The number of rotatable bonds is 3. The molecule has 0 unspecified atom stereocenters. The van der Waals surface area contributed by atoms with Crippen molar-refractivity contribution in [2.75, 3.05) is 0 Å². The highest BCUT2D eigenvalue weighted by Gasteiger charge is 2.05. The van der Waals surface area contributed by atoms with Crippen LogP contribution >= 0.6 is 23.1 Å². The first-order valence-corrected chi connectivity index (χ1v) is 6.58. The van der Waals surface area contributed by atoms with E-state index in [0.717, 1.165) is 17.1 Å². The van der Waals surface area contributed by atoms with Crippen LogP contribution in [0.4, 0.5) is 0 Å². The van der Waals surface area contributed by atoms with Crippen LogP contribution in [0.5, 0.6) is 5.88 Å². The molecular formula is C10H11N3OS2. The van der Waals surface area contributed by atoms with Gasteiger partial charge in [-0.1, -0.05) is 11.8 Å². The van der Waals surface area contributed by atoms with E-state index in [2.05, 4.69) is 15.0 Å². The van der Waals surface area contributed by atoms with Crippen LogP contribution in [0.15, 0.2) is 16.7 Å². The van der Waals surface area contributed by atoms with Gasteiger partial charge in [-0.2, -0.15) is 4.98 Å². The van der Waals surface area contributed by atoms with Crippen LogP contribution in [0, 0.1) is 13.8 Å². The largest absolute Gasteiger partial charge is 0.493 e. The second-order valence-corrected chi connectivity index (χ2v) is 5.18. The summed E-state index contributed by atoms with van der Waals surface area (Å²) in [6.45, 7) is 3.82. The molecule has 0 aliphatic carbocycles. The first kappa shape index (κ1) is 11.3. The molecule has 2 rings (SSSR count). The van der Waals surface area contributed by atoms with Crippen molar-refractivity contribution in [2.45, 2.75) is 24.8 Å². The van der Waals surface area contributed by atoms with Crippen molar-refractivity contribution in [2.24, 2.45) is 0 Å². The number of thioether (sulfide) groups is 1. The average molecular weight is 253 g/mol. The van der Waals surface area contributed by atoms with E-state index in [-0.39, 0.29) is 5.88 Å². The van der Waals surface area contributed by atoms with Crippen molar-refractivity contribution in [3.63, 3.8) is 0 Å². The molecule has 0 aromatic carbocycles. The minimum Gasteiger partial charge on any atom is -0.493 e. The van der Waals surface area contributed by atoms with Crippen LogP contribution < -0.4 is 0 Å². The molecule has 0 spiro atoms. The minimum absolute atomic E-state index is 0.0241. The molecule has 0 amide bonds. The molecular weight excluding hydrogens is 242 g/mol. The number of aromatic nitrogens is 3. The van der Waals surface area contributed by atoms with E-state index in [1.165, 1.54) is 16.6 Å². The summed E-state index contributed by atoms with van der Waals surface area (Å²) in [5.41, 5.74) is 3.66. The summed E-state index contributed by atoms with van der Waals surface area (Å²) in [5.74, 6) is 0.815. The SMILES string of the molecule is Cc1cc(O)nc(SCc2scnc2C)n1.